The van der Waals surface area contributed by atoms with E-state index in [9.17, 15) is 15.2 Å². The maximum absolute atomic E-state index is 11.1. The fourth-order valence-electron chi connectivity index (χ4n) is 2.41. The van der Waals surface area contributed by atoms with Gasteiger partial charge < -0.3 is 14.7 Å². The number of nitrogens with zero attached hydrogens (tertiary/aromatic N) is 2. The molecule has 0 saturated carbocycles. The van der Waals surface area contributed by atoms with Gasteiger partial charge in [0.05, 0.1) is 23.2 Å². The van der Waals surface area contributed by atoms with Crippen molar-refractivity contribution in [3.8, 4) is 5.75 Å². The lowest BCUT2D eigenvalue weighted by molar-refractivity contribution is -0.384. The molecule has 0 spiro atoms. The number of aliphatic hydroxyl groups is 1. The minimum atomic E-state index is -0.640. The van der Waals surface area contributed by atoms with E-state index >= 15 is 0 Å². The summed E-state index contributed by atoms with van der Waals surface area (Å²) in [7, 11) is 0. The van der Waals surface area contributed by atoms with Gasteiger partial charge in [0.15, 0.2) is 0 Å². The molecule has 116 valence electrons. The van der Waals surface area contributed by atoms with Crippen molar-refractivity contribution < 1.29 is 14.8 Å². The molecule has 1 aromatic carbocycles. The van der Waals surface area contributed by atoms with E-state index in [1.54, 1.807) is 6.07 Å². The first-order chi connectivity index (χ1) is 9.91. The van der Waals surface area contributed by atoms with Gasteiger partial charge in [-0.3, -0.25) is 10.1 Å². The highest BCUT2D eigenvalue weighted by Gasteiger charge is 2.28. The number of piperidine rings is 1. The Morgan fingerprint density at radius 1 is 1.38 bits per heavy atom. The lowest BCUT2D eigenvalue weighted by Crippen LogP contribution is -2.42. The first kappa shape index (κ1) is 15.6. The van der Waals surface area contributed by atoms with Crippen molar-refractivity contribution in [2.75, 3.05) is 24.6 Å². The Morgan fingerprint density at radius 3 is 2.62 bits per heavy atom. The maximum atomic E-state index is 11.1. The average molecular weight is 294 g/mol. The quantitative estimate of drug-likeness (QED) is 0.667. The number of hydrogen-bond acceptors (Lipinski definition) is 5. The summed E-state index contributed by atoms with van der Waals surface area (Å²) < 4.78 is 5.54. The van der Waals surface area contributed by atoms with Crippen molar-refractivity contribution in [3.05, 3.63) is 28.3 Å². The number of benzene rings is 1. The first-order valence-corrected chi connectivity index (χ1v) is 7.31. The largest absolute Gasteiger partial charge is 0.493 e. The summed E-state index contributed by atoms with van der Waals surface area (Å²) in [5.41, 5.74) is 0.181. The summed E-state index contributed by atoms with van der Waals surface area (Å²) in [4.78, 5) is 12.7. The highest BCUT2D eigenvalue weighted by Crippen LogP contribution is 2.32. The third-order valence-electron chi connectivity index (χ3n) is 3.77. The van der Waals surface area contributed by atoms with Crippen LogP contribution in [-0.4, -0.2) is 35.3 Å². The van der Waals surface area contributed by atoms with Gasteiger partial charge in [-0.25, -0.2) is 0 Å². The second kappa shape index (κ2) is 6.30. The lowest BCUT2D eigenvalue weighted by atomic mass is 9.93. The molecule has 1 fully saturated rings. The fourth-order valence-corrected chi connectivity index (χ4v) is 2.41. The number of anilines is 1. The van der Waals surface area contributed by atoms with Crippen LogP contribution in [0.4, 0.5) is 11.4 Å². The average Bonchev–Trinajstić information content (AvgIpc) is 2.44. The molecule has 0 amide bonds. The van der Waals surface area contributed by atoms with Crippen molar-refractivity contribution in [2.24, 2.45) is 0 Å². The number of ether oxygens (including phenoxy) is 1. The van der Waals surface area contributed by atoms with Gasteiger partial charge in [0, 0.05) is 30.9 Å². The Balaban J connectivity index is 2.21. The SMILES string of the molecule is CCCOc1cc(N2CCC(C)(O)CC2)cc([N+](=O)[O-])c1. The summed E-state index contributed by atoms with van der Waals surface area (Å²) in [6.07, 6.45) is 2.16. The normalized spacial score (nSPS) is 17.6. The van der Waals surface area contributed by atoms with Gasteiger partial charge in [-0.05, 0) is 26.2 Å². The molecule has 0 aliphatic carbocycles. The number of non-ortho nitro benzene ring substituents is 1. The van der Waals surface area contributed by atoms with E-state index in [-0.39, 0.29) is 5.69 Å². The van der Waals surface area contributed by atoms with Crippen LogP contribution in [0.25, 0.3) is 0 Å². The molecule has 0 unspecified atom stereocenters. The highest BCUT2D eigenvalue weighted by molar-refractivity contribution is 5.58. The van der Waals surface area contributed by atoms with Crippen LogP contribution < -0.4 is 9.64 Å². The number of nitro benzene ring substituents is 1. The zero-order valence-electron chi connectivity index (χ0n) is 12.5. The van der Waals surface area contributed by atoms with Crippen LogP contribution >= 0.6 is 0 Å². The van der Waals surface area contributed by atoms with Crippen LogP contribution in [0.15, 0.2) is 18.2 Å². The molecule has 1 aliphatic heterocycles. The Hall–Kier alpha value is -1.82. The molecule has 1 heterocycles. The van der Waals surface area contributed by atoms with E-state index in [1.807, 2.05) is 19.9 Å². The Morgan fingerprint density at radius 2 is 2.05 bits per heavy atom. The predicted molar refractivity (Wildman–Crippen MR) is 81.0 cm³/mol. The van der Waals surface area contributed by atoms with Gasteiger partial charge in [-0.2, -0.15) is 0 Å². The van der Waals surface area contributed by atoms with Gasteiger partial charge in [0.25, 0.3) is 5.69 Å². The fraction of sp³-hybridized carbons (Fsp3) is 0.600. The Bertz CT molecular complexity index is 506. The summed E-state index contributed by atoms with van der Waals surface area (Å²) in [5.74, 6) is 0.526. The summed E-state index contributed by atoms with van der Waals surface area (Å²) in [5, 5.41) is 21.0. The van der Waals surface area contributed by atoms with E-state index < -0.39 is 10.5 Å². The van der Waals surface area contributed by atoms with Crippen LogP contribution in [-0.2, 0) is 0 Å². The summed E-state index contributed by atoms with van der Waals surface area (Å²) in [6.45, 7) is 5.72. The zero-order chi connectivity index (χ0) is 15.5. The molecule has 1 aromatic rings. The molecule has 0 atom stereocenters. The second-order valence-corrected chi connectivity index (χ2v) is 5.77. The van der Waals surface area contributed by atoms with Crippen molar-refractivity contribution in [1.29, 1.82) is 0 Å². The predicted octanol–water partition coefficient (Wildman–Crippen LogP) is 2.73. The maximum Gasteiger partial charge on any atom is 0.275 e. The molecule has 1 saturated heterocycles. The lowest BCUT2D eigenvalue weighted by Gasteiger charge is -2.37. The molecule has 6 nitrogen and oxygen atoms in total. The van der Waals surface area contributed by atoms with Gasteiger partial charge >= 0.3 is 0 Å². The molecule has 2 rings (SSSR count). The summed E-state index contributed by atoms with van der Waals surface area (Å²) >= 11 is 0. The molecule has 1 aliphatic rings. The van der Waals surface area contributed by atoms with Gasteiger partial charge in [-0.15, -0.1) is 0 Å². The summed E-state index contributed by atoms with van der Waals surface area (Å²) in [6, 6.07) is 4.86. The topological polar surface area (TPSA) is 75.8 Å². The van der Waals surface area contributed by atoms with E-state index in [0.717, 1.165) is 12.1 Å². The molecule has 1 N–H and O–H groups in total. The Kier molecular flexibility index (Phi) is 4.67. The van der Waals surface area contributed by atoms with E-state index in [0.29, 0.717) is 38.3 Å². The van der Waals surface area contributed by atoms with Crippen molar-refractivity contribution in [2.45, 2.75) is 38.7 Å². The van der Waals surface area contributed by atoms with Gasteiger partial charge in [0.1, 0.15) is 5.75 Å². The third-order valence-corrected chi connectivity index (χ3v) is 3.77. The number of rotatable bonds is 5. The highest BCUT2D eigenvalue weighted by atomic mass is 16.6. The third kappa shape index (κ3) is 4.07. The smallest absolute Gasteiger partial charge is 0.275 e. The van der Waals surface area contributed by atoms with Crippen LogP contribution in [0, 0.1) is 10.1 Å². The number of nitro groups is 1. The monoisotopic (exact) mass is 294 g/mol. The van der Waals surface area contributed by atoms with Crippen LogP contribution in [0.1, 0.15) is 33.1 Å². The van der Waals surface area contributed by atoms with Crippen LogP contribution in [0.3, 0.4) is 0 Å². The van der Waals surface area contributed by atoms with E-state index in [2.05, 4.69) is 4.90 Å². The van der Waals surface area contributed by atoms with Crippen molar-refractivity contribution in [3.63, 3.8) is 0 Å². The zero-order valence-corrected chi connectivity index (χ0v) is 12.5. The van der Waals surface area contributed by atoms with Gasteiger partial charge in [-0.1, -0.05) is 6.92 Å². The van der Waals surface area contributed by atoms with E-state index in [1.165, 1.54) is 6.07 Å². The Labute approximate surface area is 124 Å². The molecule has 0 aromatic heterocycles. The van der Waals surface area contributed by atoms with Gasteiger partial charge in [0.2, 0.25) is 0 Å². The minimum Gasteiger partial charge on any atom is -0.493 e. The molecular formula is C15H22N2O4. The van der Waals surface area contributed by atoms with Crippen LogP contribution in [0.2, 0.25) is 0 Å². The molecule has 21 heavy (non-hydrogen) atoms. The number of hydrogen-bond donors (Lipinski definition) is 1. The standard InChI is InChI=1S/C15H22N2O4/c1-3-8-21-14-10-12(9-13(11-14)17(19)20)16-6-4-15(2,18)5-7-16/h9-11,18H,3-8H2,1-2H3. The first-order valence-electron chi connectivity index (χ1n) is 7.31. The molecule has 0 bridgehead atoms. The van der Waals surface area contributed by atoms with Crippen LogP contribution in [0.5, 0.6) is 5.75 Å². The molecule has 0 radical (unpaired) electrons. The van der Waals surface area contributed by atoms with E-state index in [4.69, 9.17) is 4.74 Å². The molecule has 6 heteroatoms. The minimum absolute atomic E-state index is 0.0379. The van der Waals surface area contributed by atoms with Crippen molar-refractivity contribution >= 4 is 11.4 Å². The second-order valence-electron chi connectivity index (χ2n) is 5.77. The van der Waals surface area contributed by atoms with Crippen molar-refractivity contribution in [1.82, 2.24) is 0 Å². The molecular weight excluding hydrogens is 272 g/mol.